The number of nitrogen functional groups attached to an aromatic ring is 1. The van der Waals surface area contributed by atoms with Crippen molar-refractivity contribution in [1.82, 2.24) is 14.6 Å². The molecule has 4 N–H and O–H groups in total. The van der Waals surface area contributed by atoms with Crippen molar-refractivity contribution in [3.05, 3.63) is 24.2 Å². The molecule has 2 aromatic heterocycles. The number of carbonyl (C=O) groups is 1. The molecule has 4 atom stereocenters. The molecule has 4 saturated carbocycles. The van der Waals surface area contributed by atoms with E-state index in [2.05, 4.69) is 16.2 Å². The smallest absolute Gasteiger partial charge is 0.199 e. The van der Waals surface area contributed by atoms with E-state index in [1.807, 2.05) is 0 Å². The first-order valence-electron chi connectivity index (χ1n) is 12.9. The van der Waals surface area contributed by atoms with Gasteiger partial charge in [-0.05, 0) is 80.2 Å². The van der Waals surface area contributed by atoms with Crippen molar-refractivity contribution in [1.29, 1.82) is 5.26 Å². The number of hydrogen-bond donors (Lipinski definition) is 3. The van der Waals surface area contributed by atoms with Crippen LogP contribution in [0.1, 0.15) is 69.9 Å². The molecule has 4 aliphatic carbocycles. The van der Waals surface area contributed by atoms with Crippen LogP contribution in [0.2, 0.25) is 0 Å². The highest BCUT2D eigenvalue weighted by Gasteiger charge is 2.52. The molecule has 9 nitrogen and oxygen atoms in total. The topological polar surface area (TPSA) is 147 Å². The Labute approximate surface area is 204 Å². The zero-order valence-corrected chi connectivity index (χ0v) is 19.8. The number of ketones is 1. The summed E-state index contributed by atoms with van der Waals surface area (Å²) in [6.45, 7) is 0. The Balaban J connectivity index is 1.17. The fraction of sp³-hybridized carbons (Fsp3) is 0.692. The van der Waals surface area contributed by atoms with Gasteiger partial charge in [-0.25, -0.2) is 9.50 Å². The van der Waals surface area contributed by atoms with Gasteiger partial charge >= 0.3 is 0 Å². The molecule has 4 bridgehead atoms. The van der Waals surface area contributed by atoms with Crippen LogP contribution in [-0.4, -0.2) is 48.9 Å². The second kappa shape index (κ2) is 8.26. The molecule has 186 valence electrons. The number of Topliss-reactive ketones (excluding diaryl/α,β-unsaturated/α-hetero) is 1. The highest BCUT2D eigenvalue weighted by molar-refractivity contribution is 5.79. The van der Waals surface area contributed by atoms with Crippen molar-refractivity contribution in [2.45, 2.75) is 88.1 Å². The Morgan fingerprint density at radius 3 is 2.51 bits per heavy atom. The lowest BCUT2D eigenvalue weighted by atomic mass is 9.48. The Hall–Kier alpha value is -2.54. The number of ether oxygens (including phenoxy) is 1. The van der Waals surface area contributed by atoms with E-state index < -0.39 is 23.9 Å². The summed E-state index contributed by atoms with van der Waals surface area (Å²) in [6, 6.07) is 5.59. The number of aromatic nitrogens is 3. The fourth-order valence-electron chi connectivity index (χ4n) is 8.14. The molecule has 35 heavy (non-hydrogen) atoms. The number of carbonyl (C=O) groups excluding carboxylic acids is 1. The number of fused-ring (bicyclic) bond motifs is 1. The molecule has 7 rings (SSSR count). The number of hydrogen-bond acceptors (Lipinski definition) is 8. The van der Waals surface area contributed by atoms with Crippen molar-refractivity contribution in [2.75, 3.05) is 5.73 Å². The van der Waals surface area contributed by atoms with Gasteiger partial charge < -0.3 is 20.7 Å². The van der Waals surface area contributed by atoms with E-state index in [0.29, 0.717) is 17.6 Å². The standard InChI is InChI=1S/C26H33N5O4/c27-13-26(22-4-2-19-24(28)29-14-30-31(19)22)12-20(33)23(34)21(35-26)3-1-18(32)11-25-8-15-5-16(9-25)7-17(6-15)10-25/h2,4,14-17,20-21,23,33-34H,1,3,5-12H2,(H2,28,29,30)/t15?,16?,17?,20-,21+,23-,25?,26-/m0/s1. The second-order valence-corrected chi connectivity index (χ2v) is 11.7. The van der Waals surface area contributed by atoms with Crippen LogP contribution in [0, 0.1) is 34.5 Å². The van der Waals surface area contributed by atoms with Crippen LogP contribution in [0.3, 0.4) is 0 Å². The number of nitrogens with zero attached hydrogens (tertiary/aromatic N) is 4. The first-order valence-corrected chi connectivity index (χ1v) is 12.9. The van der Waals surface area contributed by atoms with E-state index in [1.165, 1.54) is 49.4 Å². The average Bonchev–Trinajstić information content (AvgIpc) is 3.25. The maximum Gasteiger partial charge on any atom is 0.199 e. The molecule has 3 heterocycles. The van der Waals surface area contributed by atoms with E-state index in [0.717, 1.165) is 17.8 Å². The number of nitrogens with two attached hydrogens (primary N) is 1. The summed E-state index contributed by atoms with van der Waals surface area (Å²) in [5, 5.41) is 35.7. The third-order valence-electron chi connectivity index (χ3n) is 9.15. The minimum Gasteiger partial charge on any atom is -0.390 e. The predicted octanol–water partition coefficient (Wildman–Crippen LogP) is 2.50. The van der Waals surface area contributed by atoms with Crippen molar-refractivity contribution in [3.63, 3.8) is 0 Å². The van der Waals surface area contributed by atoms with Crippen LogP contribution in [0.15, 0.2) is 18.5 Å². The first kappa shape index (κ1) is 22.9. The third-order valence-corrected chi connectivity index (χ3v) is 9.15. The van der Waals surface area contributed by atoms with Gasteiger partial charge in [-0.2, -0.15) is 10.4 Å². The van der Waals surface area contributed by atoms with Gasteiger partial charge in [0, 0.05) is 19.3 Å². The van der Waals surface area contributed by atoms with Gasteiger partial charge in [0.05, 0.1) is 17.9 Å². The number of nitriles is 1. The maximum atomic E-state index is 13.1. The lowest BCUT2D eigenvalue weighted by Crippen LogP contribution is -2.53. The number of aliphatic hydroxyl groups is 2. The Bertz CT molecular complexity index is 1150. The van der Waals surface area contributed by atoms with Gasteiger partial charge in [0.1, 0.15) is 29.8 Å². The quantitative estimate of drug-likeness (QED) is 0.573. The van der Waals surface area contributed by atoms with Gasteiger partial charge in [0.2, 0.25) is 0 Å². The lowest BCUT2D eigenvalue weighted by molar-refractivity contribution is -0.202. The summed E-state index contributed by atoms with van der Waals surface area (Å²) < 4.78 is 7.69. The van der Waals surface area contributed by atoms with Crippen molar-refractivity contribution in [2.24, 2.45) is 23.2 Å². The molecule has 0 amide bonds. The van der Waals surface area contributed by atoms with E-state index >= 15 is 0 Å². The predicted molar refractivity (Wildman–Crippen MR) is 126 cm³/mol. The van der Waals surface area contributed by atoms with E-state index in [1.54, 1.807) is 12.1 Å². The van der Waals surface area contributed by atoms with Crippen LogP contribution in [-0.2, 0) is 15.1 Å². The minimum atomic E-state index is -1.53. The zero-order chi connectivity index (χ0) is 24.4. The number of rotatable bonds is 6. The summed E-state index contributed by atoms with van der Waals surface area (Å²) in [5.74, 6) is 2.83. The van der Waals surface area contributed by atoms with Crippen LogP contribution in [0.4, 0.5) is 5.82 Å². The van der Waals surface area contributed by atoms with E-state index in [9.17, 15) is 20.3 Å². The molecule has 5 fully saturated rings. The van der Waals surface area contributed by atoms with Gasteiger partial charge in [-0.15, -0.1) is 0 Å². The third kappa shape index (κ3) is 3.83. The molecule has 0 unspecified atom stereocenters. The van der Waals surface area contributed by atoms with E-state index in [4.69, 9.17) is 10.5 Å². The second-order valence-electron chi connectivity index (χ2n) is 11.7. The largest absolute Gasteiger partial charge is 0.390 e. The number of aliphatic hydroxyl groups excluding tert-OH is 2. The zero-order valence-electron chi connectivity index (χ0n) is 19.8. The van der Waals surface area contributed by atoms with Crippen LogP contribution >= 0.6 is 0 Å². The molecular formula is C26H33N5O4. The molecule has 9 heteroatoms. The molecular weight excluding hydrogens is 446 g/mol. The molecule has 5 aliphatic rings. The lowest BCUT2D eigenvalue weighted by Gasteiger charge is -2.56. The van der Waals surface area contributed by atoms with E-state index in [-0.39, 0.29) is 36.3 Å². The monoisotopic (exact) mass is 479 g/mol. The summed E-state index contributed by atoms with van der Waals surface area (Å²) in [5.41, 5.74) is 5.53. The average molecular weight is 480 g/mol. The summed E-state index contributed by atoms with van der Waals surface area (Å²) in [4.78, 5) is 17.1. The molecule has 0 aromatic carbocycles. The maximum absolute atomic E-state index is 13.1. The summed E-state index contributed by atoms with van der Waals surface area (Å²) in [6.07, 6.45) is 6.68. The van der Waals surface area contributed by atoms with Crippen LogP contribution in [0.25, 0.3) is 5.52 Å². The highest BCUT2D eigenvalue weighted by atomic mass is 16.5. The first-order chi connectivity index (χ1) is 16.8. The Morgan fingerprint density at radius 2 is 1.86 bits per heavy atom. The van der Waals surface area contributed by atoms with Gasteiger partial charge in [0.15, 0.2) is 11.4 Å². The number of anilines is 1. The summed E-state index contributed by atoms with van der Waals surface area (Å²) >= 11 is 0. The van der Waals surface area contributed by atoms with Crippen LogP contribution < -0.4 is 5.73 Å². The van der Waals surface area contributed by atoms with Crippen LogP contribution in [0.5, 0.6) is 0 Å². The molecule has 0 radical (unpaired) electrons. The SMILES string of the molecule is N#C[C@]1(c2ccc3c(N)ncnn23)C[C@H](O)[C@H](O)[C@@H](CCC(=O)CC23CC4CC(CC(C4)C2)C3)O1. The minimum absolute atomic E-state index is 0.113. The fourth-order valence-corrected chi connectivity index (χ4v) is 8.14. The molecule has 1 saturated heterocycles. The highest BCUT2D eigenvalue weighted by Crippen LogP contribution is 2.61. The Kier molecular flexibility index (Phi) is 5.40. The normalized spacial score (nSPS) is 40.1. The van der Waals surface area contributed by atoms with Crippen molar-refractivity contribution in [3.8, 4) is 6.07 Å². The molecule has 2 aromatic rings. The van der Waals surface area contributed by atoms with Gasteiger partial charge in [-0.1, -0.05) is 0 Å². The summed E-state index contributed by atoms with van der Waals surface area (Å²) in [7, 11) is 0. The van der Waals surface area contributed by atoms with Crippen molar-refractivity contribution < 1.29 is 19.7 Å². The molecule has 1 aliphatic heterocycles. The Morgan fingerprint density at radius 1 is 1.17 bits per heavy atom. The van der Waals surface area contributed by atoms with Gasteiger partial charge in [-0.3, -0.25) is 4.79 Å². The van der Waals surface area contributed by atoms with Crippen molar-refractivity contribution >= 4 is 17.1 Å². The molecule has 0 spiro atoms. The van der Waals surface area contributed by atoms with Gasteiger partial charge in [0.25, 0.3) is 0 Å².